The number of methoxy groups -OCH3 is 3. The Labute approximate surface area is 146 Å². The maximum absolute atomic E-state index is 12.7. The van der Waals surface area contributed by atoms with Gasteiger partial charge < -0.3 is 19.5 Å². The van der Waals surface area contributed by atoms with Crippen LogP contribution in [0, 0.1) is 0 Å². The standard InChI is InChI=1S/C17H19NO6S/c1-22-13-10-15(24-3)14(23-2)9-11(13)17(19)18-12-7-5-6-8-16(12)25(4,20)21/h5-10H,1-4H3,(H,18,19). The largest absolute Gasteiger partial charge is 0.496 e. The molecule has 0 fully saturated rings. The maximum atomic E-state index is 12.7. The minimum absolute atomic E-state index is 0.0304. The average molecular weight is 365 g/mol. The molecule has 0 unspecified atom stereocenters. The zero-order valence-electron chi connectivity index (χ0n) is 14.3. The summed E-state index contributed by atoms with van der Waals surface area (Å²) >= 11 is 0. The number of hydrogen-bond acceptors (Lipinski definition) is 6. The first-order valence-electron chi connectivity index (χ1n) is 7.22. The van der Waals surface area contributed by atoms with Crippen LogP contribution in [0.2, 0.25) is 0 Å². The van der Waals surface area contributed by atoms with E-state index >= 15 is 0 Å². The number of sulfone groups is 1. The first-order valence-corrected chi connectivity index (χ1v) is 9.11. The molecule has 0 saturated carbocycles. The lowest BCUT2D eigenvalue weighted by Crippen LogP contribution is -2.16. The molecule has 0 radical (unpaired) electrons. The number of anilines is 1. The van der Waals surface area contributed by atoms with Crippen molar-refractivity contribution in [2.24, 2.45) is 0 Å². The normalized spacial score (nSPS) is 10.9. The van der Waals surface area contributed by atoms with E-state index in [1.807, 2.05) is 0 Å². The summed E-state index contributed by atoms with van der Waals surface area (Å²) in [6.07, 6.45) is 1.08. The Hall–Kier alpha value is -2.74. The molecule has 25 heavy (non-hydrogen) atoms. The molecule has 0 heterocycles. The molecule has 2 aromatic rings. The van der Waals surface area contributed by atoms with Gasteiger partial charge in [-0.2, -0.15) is 0 Å². The fraction of sp³-hybridized carbons (Fsp3) is 0.235. The maximum Gasteiger partial charge on any atom is 0.259 e. The van der Waals surface area contributed by atoms with Crippen LogP contribution in [-0.4, -0.2) is 41.9 Å². The molecule has 0 aliphatic rings. The Balaban J connectivity index is 2.46. The van der Waals surface area contributed by atoms with Gasteiger partial charge in [-0.3, -0.25) is 4.79 Å². The lowest BCUT2D eigenvalue weighted by molar-refractivity contribution is 0.102. The summed E-state index contributed by atoms with van der Waals surface area (Å²) in [5, 5.41) is 2.60. The number of para-hydroxylation sites is 1. The van der Waals surface area contributed by atoms with Crippen LogP contribution in [-0.2, 0) is 9.84 Å². The van der Waals surface area contributed by atoms with Crippen molar-refractivity contribution in [3.05, 3.63) is 42.0 Å². The minimum atomic E-state index is -3.49. The second kappa shape index (κ2) is 7.43. The number of amides is 1. The van der Waals surface area contributed by atoms with Crippen molar-refractivity contribution in [3.8, 4) is 17.2 Å². The first-order chi connectivity index (χ1) is 11.8. The number of carbonyl (C=O) groups excluding carboxylic acids is 1. The first kappa shape index (κ1) is 18.6. The third-order valence-corrected chi connectivity index (χ3v) is 4.64. The number of ether oxygens (including phenoxy) is 3. The predicted molar refractivity (Wildman–Crippen MR) is 93.6 cm³/mol. The zero-order chi connectivity index (χ0) is 18.6. The van der Waals surface area contributed by atoms with E-state index in [-0.39, 0.29) is 21.9 Å². The monoisotopic (exact) mass is 365 g/mol. The quantitative estimate of drug-likeness (QED) is 0.845. The summed E-state index contributed by atoms with van der Waals surface area (Å²) in [5.74, 6) is 0.498. The smallest absolute Gasteiger partial charge is 0.259 e. The Morgan fingerprint density at radius 2 is 1.48 bits per heavy atom. The lowest BCUT2D eigenvalue weighted by atomic mass is 10.1. The third-order valence-electron chi connectivity index (χ3n) is 3.49. The molecule has 1 N–H and O–H groups in total. The fourth-order valence-corrected chi connectivity index (χ4v) is 3.13. The molecular weight excluding hydrogens is 346 g/mol. The Morgan fingerprint density at radius 3 is 2.04 bits per heavy atom. The van der Waals surface area contributed by atoms with Crippen LogP contribution in [0.25, 0.3) is 0 Å². The Kier molecular flexibility index (Phi) is 5.53. The van der Waals surface area contributed by atoms with Crippen LogP contribution in [0.3, 0.4) is 0 Å². The van der Waals surface area contributed by atoms with Crippen molar-refractivity contribution in [2.75, 3.05) is 32.9 Å². The third kappa shape index (κ3) is 4.03. The molecule has 1 amide bonds. The van der Waals surface area contributed by atoms with E-state index in [1.54, 1.807) is 12.1 Å². The molecule has 2 rings (SSSR count). The Morgan fingerprint density at radius 1 is 0.920 bits per heavy atom. The van der Waals surface area contributed by atoms with Crippen molar-refractivity contribution in [2.45, 2.75) is 4.90 Å². The van der Waals surface area contributed by atoms with E-state index in [0.717, 1.165) is 6.26 Å². The summed E-state index contributed by atoms with van der Waals surface area (Å²) < 4.78 is 39.3. The minimum Gasteiger partial charge on any atom is -0.496 e. The van der Waals surface area contributed by atoms with Gasteiger partial charge >= 0.3 is 0 Å². The predicted octanol–water partition coefficient (Wildman–Crippen LogP) is 2.37. The highest BCUT2D eigenvalue weighted by atomic mass is 32.2. The van der Waals surface area contributed by atoms with Crippen molar-refractivity contribution in [1.82, 2.24) is 0 Å². The van der Waals surface area contributed by atoms with Gasteiger partial charge in [-0.25, -0.2) is 8.42 Å². The van der Waals surface area contributed by atoms with Crippen LogP contribution in [0.5, 0.6) is 17.2 Å². The van der Waals surface area contributed by atoms with Gasteiger partial charge in [0.2, 0.25) is 0 Å². The summed E-state index contributed by atoms with van der Waals surface area (Å²) in [4.78, 5) is 12.7. The second-order valence-electron chi connectivity index (χ2n) is 5.13. The second-order valence-corrected chi connectivity index (χ2v) is 7.11. The van der Waals surface area contributed by atoms with Gasteiger partial charge in [0.25, 0.3) is 5.91 Å². The molecule has 2 aromatic carbocycles. The number of carbonyl (C=O) groups is 1. The molecule has 0 aromatic heterocycles. The van der Waals surface area contributed by atoms with Crippen molar-refractivity contribution in [3.63, 3.8) is 0 Å². The Bertz CT molecular complexity index is 892. The molecule has 8 heteroatoms. The van der Waals surface area contributed by atoms with Crippen LogP contribution in [0.1, 0.15) is 10.4 Å². The van der Waals surface area contributed by atoms with Crippen LogP contribution >= 0.6 is 0 Å². The van der Waals surface area contributed by atoms with Gasteiger partial charge in [0.05, 0.1) is 37.5 Å². The molecule has 0 saturated heterocycles. The number of benzene rings is 2. The number of rotatable bonds is 6. The summed E-state index contributed by atoms with van der Waals surface area (Å²) in [7, 11) is 0.849. The molecule has 0 aliphatic heterocycles. The molecule has 7 nitrogen and oxygen atoms in total. The van der Waals surface area contributed by atoms with Gasteiger partial charge in [0, 0.05) is 18.4 Å². The molecule has 0 spiro atoms. The van der Waals surface area contributed by atoms with Crippen LogP contribution in [0.4, 0.5) is 5.69 Å². The highest BCUT2D eigenvalue weighted by molar-refractivity contribution is 7.90. The number of hydrogen-bond donors (Lipinski definition) is 1. The highest BCUT2D eigenvalue weighted by Crippen LogP contribution is 2.35. The summed E-state index contributed by atoms with van der Waals surface area (Å²) in [6.45, 7) is 0. The summed E-state index contributed by atoms with van der Waals surface area (Å²) in [5.41, 5.74) is 0.371. The van der Waals surface area contributed by atoms with Crippen molar-refractivity contribution < 1.29 is 27.4 Å². The average Bonchev–Trinajstić information content (AvgIpc) is 2.59. The molecule has 0 bridgehead atoms. The molecule has 0 atom stereocenters. The van der Waals surface area contributed by atoms with Gasteiger partial charge in [-0.1, -0.05) is 12.1 Å². The van der Waals surface area contributed by atoms with Crippen LogP contribution in [0.15, 0.2) is 41.3 Å². The topological polar surface area (TPSA) is 90.9 Å². The van der Waals surface area contributed by atoms with E-state index in [2.05, 4.69) is 5.32 Å². The lowest BCUT2D eigenvalue weighted by Gasteiger charge is -2.15. The molecule has 0 aliphatic carbocycles. The van der Waals surface area contributed by atoms with Gasteiger partial charge in [0.1, 0.15) is 5.75 Å². The van der Waals surface area contributed by atoms with Gasteiger partial charge in [-0.05, 0) is 12.1 Å². The summed E-state index contributed by atoms with van der Waals surface area (Å²) in [6, 6.07) is 9.16. The fourth-order valence-electron chi connectivity index (χ4n) is 2.29. The van der Waals surface area contributed by atoms with E-state index in [4.69, 9.17) is 14.2 Å². The molecular formula is C17H19NO6S. The zero-order valence-corrected chi connectivity index (χ0v) is 15.1. The number of nitrogens with one attached hydrogen (secondary N) is 1. The molecule has 134 valence electrons. The van der Waals surface area contributed by atoms with E-state index in [0.29, 0.717) is 11.5 Å². The SMILES string of the molecule is COc1cc(OC)c(C(=O)Nc2ccccc2S(C)(=O)=O)cc1OC. The van der Waals surface area contributed by atoms with E-state index < -0.39 is 15.7 Å². The highest BCUT2D eigenvalue weighted by Gasteiger charge is 2.20. The van der Waals surface area contributed by atoms with Crippen LogP contribution < -0.4 is 19.5 Å². The van der Waals surface area contributed by atoms with E-state index in [1.165, 1.54) is 45.6 Å². The van der Waals surface area contributed by atoms with Gasteiger partial charge in [-0.15, -0.1) is 0 Å². The van der Waals surface area contributed by atoms with Crippen molar-refractivity contribution >= 4 is 21.4 Å². The van der Waals surface area contributed by atoms with Gasteiger partial charge in [0.15, 0.2) is 21.3 Å². The van der Waals surface area contributed by atoms with E-state index in [9.17, 15) is 13.2 Å². The van der Waals surface area contributed by atoms with Crippen molar-refractivity contribution in [1.29, 1.82) is 0 Å².